The molecule has 74 valence electrons. The van der Waals surface area contributed by atoms with Crippen molar-refractivity contribution in [3.8, 4) is 6.07 Å². The SMILES string of the molecule is Cc1nn(C(C)O)c(C#N)c1[N+](=O)[O-]. The minimum Gasteiger partial charge on any atom is -0.372 e. The van der Waals surface area contributed by atoms with E-state index in [1.54, 1.807) is 6.07 Å². The van der Waals surface area contributed by atoms with E-state index in [9.17, 15) is 15.2 Å². The lowest BCUT2D eigenvalue weighted by Crippen LogP contribution is -2.08. The van der Waals surface area contributed by atoms with Gasteiger partial charge in [-0.3, -0.25) is 10.1 Å². The van der Waals surface area contributed by atoms with E-state index < -0.39 is 11.2 Å². The first-order valence-corrected chi connectivity index (χ1v) is 3.80. The average Bonchev–Trinajstić information content (AvgIpc) is 2.41. The molecular weight excluding hydrogens is 188 g/mol. The third kappa shape index (κ3) is 1.43. The molecule has 0 saturated carbocycles. The summed E-state index contributed by atoms with van der Waals surface area (Å²) < 4.78 is 0.924. The second kappa shape index (κ2) is 3.43. The van der Waals surface area contributed by atoms with Gasteiger partial charge in [0.25, 0.3) is 0 Å². The fourth-order valence-corrected chi connectivity index (χ4v) is 1.13. The van der Waals surface area contributed by atoms with Gasteiger partial charge in [0.1, 0.15) is 18.0 Å². The van der Waals surface area contributed by atoms with Crippen LogP contribution in [0.2, 0.25) is 0 Å². The summed E-state index contributed by atoms with van der Waals surface area (Å²) >= 11 is 0. The number of hydrogen-bond donors (Lipinski definition) is 1. The maximum Gasteiger partial charge on any atom is 0.328 e. The molecule has 1 unspecified atom stereocenters. The van der Waals surface area contributed by atoms with Crippen LogP contribution in [0.5, 0.6) is 0 Å². The molecule has 0 aliphatic carbocycles. The Hall–Kier alpha value is -1.94. The normalized spacial score (nSPS) is 12.1. The summed E-state index contributed by atoms with van der Waals surface area (Å²) in [5.74, 6) is 0. The predicted molar refractivity (Wildman–Crippen MR) is 45.3 cm³/mol. The van der Waals surface area contributed by atoms with E-state index in [1.807, 2.05) is 0 Å². The fraction of sp³-hybridized carbons (Fsp3) is 0.429. The van der Waals surface area contributed by atoms with E-state index in [2.05, 4.69) is 5.10 Å². The Kier molecular flexibility index (Phi) is 2.49. The maximum absolute atomic E-state index is 10.6. The number of nitrogens with zero attached hydrogens (tertiary/aromatic N) is 4. The van der Waals surface area contributed by atoms with Crippen molar-refractivity contribution in [2.45, 2.75) is 20.1 Å². The second-order valence-electron chi connectivity index (χ2n) is 2.73. The van der Waals surface area contributed by atoms with Crippen LogP contribution in [0, 0.1) is 28.4 Å². The molecule has 0 aromatic carbocycles. The van der Waals surface area contributed by atoms with Crippen LogP contribution in [0.3, 0.4) is 0 Å². The largest absolute Gasteiger partial charge is 0.372 e. The summed E-state index contributed by atoms with van der Waals surface area (Å²) in [6, 6.07) is 1.65. The number of rotatable bonds is 2. The van der Waals surface area contributed by atoms with Crippen LogP contribution in [-0.4, -0.2) is 19.8 Å². The fourth-order valence-electron chi connectivity index (χ4n) is 1.13. The van der Waals surface area contributed by atoms with Gasteiger partial charge in [-0.15, -0.1) is 0 Å². The van der Waals surface area contributed by atoms with Gasteiger partial charge in [-0.1, -0.05) is 0 Å². The molecular formula is C7H8N4O3. The van der Waals surface area contributed by atoms with Gasteiger partial charge >= 0.3 is 5.69 Å². The topological polar surface area (TPSA) is 105 Å². The Labute approximate surface area is 79.3 Å². The van der Waals surface area contributed by atoms with Crippen LogP contribution in [0.25, 0.3) is 0 Å². The molecule has 0 spiro atoms. The Bertz CT molecular complexity index is 415. The molecule has 1 aromatic heterocycles. The number of aliphatic hydroxyl groups is 1. The molecule has 1 heterocycles. The van der Waals surface area contributed by atoms with Crippen LogP contribution < -0.4 is 0 Å². The quantitative estimate of drug-likeness (QED) is 0.547. The first kappa shape index (κ1) is 10.1. The molecule has 0 aliphatic rings. The van der Waals surface area contributed by atoms with Crippen LogP contribution in [-0.2, 0) is 0 Å². The number of hydrogen-bond acceptors (Lipinski definition) is 5. The molecule has 0 bridgehead atoms. The number of aliphatic hydroxyl groups excluding tert-OH is 1. The maximum atomic E-state index is 10.6. The van der Waals surface area contributed by atoms with Gasteiger partial charge in [0.2, 0.25) is 5.69 Å². The number of nitriles is 1. The highest BCUT2D eigenvalue weighted by atomic mass is 16.6. The van der Waals surface area contributed by atoms with Gasteiger partial charge in [-0.25, -0.2) is 4.68 Å². The lowest BCUT2D eigenvalue weighted by Gasteiger charge is -2.03. The Morgan fingerprint density at radius 3 is 2.71 bits per heavy atom. The van der Waals surface area contributed by atoms with Gasteiger partial charge in [0.15, 0.2) is 0 Å². The van der Waals surface area contributed by atoms with Crippen molar-refractivity contribution in [3.05, 3.63) is 21.5 Å². The monoisotopic (exact) mass is 196 g/mol. The number of aromatic nitrogens is 2. The van der Waals surface area contributed by atoms with Gasteiger partial charge in [-0.2, -0.15) is 10.4 Å². The van der Waals surface area contributed by atoms with E-state index in [4.69, 9.17) is 5.26 Å². The lowest BCUT2D eigenvalue weighted by molar-refractivity contribution is -0.385. The molecule has 0 radical (unpaired) electrons. The van der Waals surface area contributed by atoms with Gasteiger partial charge in [0.05, 0.1) is 4.92 Å². The summed E-state index contributed by atoms with van der Waals surface area (Å²) in [6.07, 6.45) is -1.06. The van der Waals surface area contributed by atoms with E-state index in [0.29, 0.717) is 0 Å². The van der Waals surface area contributed by atoms with Crippen LogP contribution in [0.4, 0.5) is 5.69 Å². The molecule has 1 aromatic rings. The van der Waals surface area contributed by atoms with Crippen LogP contribution >= 0.6 is 0 Å². The van der Waals surface area contributed by atoms with Crippen molar-refractivity contribution >= 4 is 5.69 Å². The molecule has 1 atom stereocenters. The molecule has 1 N–H and O–H groups in total. The predicted octanol–water partition coefficient (Wildman–Crippen LogP) is 0.482. The summed E-state index contributed by atoms with van der Waals surface area (Å²) in [5, 5.41) is 32.1. The van der Waals surface area contributed by atoms with E-state index in [-0.39, 0.29) is 17.1 Å². The molecule has 0 saturated heterocycles. The Morgan fingerprint density at radius 1 is 1.79 bits per heavy atom. The average molecular weight is 196 g/mol. The zero-order valence-corrected chi connectivity index (χ0v) is 7.63. The molecule has 0 aliphatic heterocycles. The molecule has 7 heteroatoms. The summed E-state index contributed by atoms with van der Waals surface area (Å²) in [4.78, 5) is 9.88. The van der Waals surface area contributed by atoms with E-state index in [0.717, 1.165) is 4.68 Å². The van der Waals surface area contributed by atoms with Gasteiger partial charge < -0.3 is 5.11 Å². The minimum atomic E-state index is -1.06. The summed E-state index contributed by atoms with van der Waals surface area (Å²) in [7, 11) is 0. The van der Waals surface area contributed by atoms with Crippen molar-refractivity contribution in [2.24, 2.45) is 0 Å². The molecule has 1 rings (SSSR count). The highest BCUT2D eigenvalue weighted by Gasteiger charge is 2.26. The second-order valence-corrected chi connectivity index (χ2v) is 2.73. The van der Waals surface area contributed by atoms with Crippen molar-refractivity contribution in [3.63, 3.8) is 0 Å². The number of aryl methyl sites for hydroxylation is 1. The van der Waals surface area contributed by atoms with Gasteiger partial charge in [-0.05, 0) is 13.8 Å². The first-order valence-electron chi connectivity index (χ1n) is 3.80. The third-order valence-corrected chi connectivity index (χ3v) is 1.70. The van der Waals surface area contributed by atoms with Crippen molar-refractivity contribution in [1.29, 1.82) is 5.26 Å². The smallest absolute Gasteiger partial charge is 0.328 e. The summed E-state index contributed by atoms with van der Waals surface area (Å²) in [6.45, 7) is 2.79. The van der Waals surface area contributed by atoms with Crippen molar-refractivity contribution < 1.29 is 10.0 Å². The Morgan fingerprint density at radius 2 is 2.36 bits per heavy atom. The standard InChI is InChI=1S/C7H8N4O3/c1-4-7(11(13)14)6(3-8)10(9-4)5(2)12/h5,12H,1-2H3. The van der Waals surface area contributed by atoms with E-state index >= 15 is 0 Å². The van der Waals surface area contributed by atoms with Gasteiger partial charge in [0, 0.05) is 0 Å². The highest BCUT2D eigenvalue weighted by Crippen LogP contribution is 2.23. The Balaban J connectivity index is 3.45. The van der Waals surface area contributed by atoms with Crippen LogP contribution in [0.15, 0.2) is 0 Å². The first-order chi connectivity index (χ1) is 6.49. The molecule has 7 nitrogen and oxygen atoms in total. The lowest BCUT2D eigenvalue weighted by atomic mass is 10.3. The summed E-state index contributed by atoms with van der Waals surface area (Å²) in [5.41, 5.74) is -0.469. The molecule has 0 amide bonds. The van der Waals surface area contributed by atoms with E-state index in [1.165, 1.54) is 13.8 Å². The zero-order valence-electron chi connectivity index (χ0n) is 7.63. The molecule has 0 fully saturated rings. The number of nitro groups is 1. The van der Waals surface area contributed by atoms with Crippen LogP contribution in [0.1, 0.15) is 24.5 Å². The van der Waals surface area contributed by atoms with Crippen molar-refractivity contribution in [2.75, 3.05) is 0 Å². The highest BCUT2D eigenvalue weighted by molar-refractivity contribution is 5.47. The zero-order chi connectivity index (χ0) is 10.9. The molecule has 14 heavy (non-hydrogen) atoms. The third-order valence-electron chi connectivity index (χ3n) is 1.70. The van der Waals surface area contributed by atoms with Crippen molar-refractivity contribution in [1.82, 2.24) is 9.78 Å². The minimum absolute atomic E-state index is 0.118.